The monoisotopic (exact) mass is 338 g/mol. The Balaban J connectivity index is 1.96. The van der Waals surface area contributed by atoms with Crippen molar-refractivity contribution in [3.05, 3.63) is 24.0 Å². The summed E-state index contributed by atoms with van der Waals surface area (Å²) in [5, 5.41) is 2.72. The quantitative estimate of drug-likeness (QED) is 0.850. The number of carbonyl (C=O) groups excluding carboxylic acids is 1. The average Bonchev–Trinajstić information content (AvgIpc) is 2.81. The van der Waals surface area contributed by atoms with Gasteiger partial charge in [0.15, 0.2) is 0 Å². The van der Waals surface area contributed by atoms with Gasteiger partial charge in [-0.15, -0.1) is 0 Å². The number of hydrogen-bond acceptors (Lipinski definition) is 5. The summed E-state index contributed by atoms with van der Waals surface area (Å²) in [4.78, 5) is 15.7. The fourth-order valence-electron chi connectivity index (χ4n) is 2.70. The molecule has 1 aromatic carbocycles. The van der Waals surface area contributed by atoms with E-state index in [9.17, 15) is 13.2 Å². The molecule has 23 heavy (non-hydrogen) atoms. The molecule has 1 aliphatic heterocycles. The van der Waals surface area contributed by atoms with Crippen LogP contribution in [0.4, 0.5) is 5.69 Å². The third kappa shape index (κ3) is 3.52. The summed E-state index contributed by atoms with van der Waals surface area (Å²) >= 11 is 0. The van der Waals surface area contributed by atoms with Crippen LogP contribution in [0, 0.1) is 0 Å². The number of ether oxygens (including phenoxy) is 1. The van der Waals surface area contributed by atoms with Gasteiger partial charge in [0, 0.05) is 19.2 Å². The Labute approximate surface area is 133 Å². The SMILES string of the molecule is CC(=O)Nc1ccc2c(c1)nc1n2[C@@H](CNS(C)(=O)=O)COC1. The molecular formula is C14H18N4O4S. The summed E-state index contributed by atoms with van der Waals surface area (Å²) in [6.45, 7) is 2.47. The minimum Gasteiger partial charge on any atom is -0.371 e. The van der Waals surface area contributed by atoms with Crippen LogP contribution in [0.3, 0.4) is 0 Å². The normalized spacial score (nSPS) is 17.9. The van der Waals surface area contributed by atoms with E-state index in [1.807, 2.05) is 10.6 Å². The van der Waals surface area contributed by atoms with Crippen LogP contribution < -0.4 is 10.0 Å². The molecule has 0 aliphatic carbocycles. The Bertz CT molecular complexity index is 859. The van der Waals surface area contributed by atoms with E-state index in [2.05, 4.69) is 15.0 Å². The second-order valence-electron chi connectivity index (χ2n) is 5.57. The smallest absolute Gasteiger partial charge is 0.221 e. The van der Waals surface area contributed by atoms with Gasteiger partial charge in [-0.2, -0.15) is 0 Å². The maximum Gasteiger partial charge on any atom is 0.221 e. The van der Waals surface area contributed by atoms with Gasteiger partial charge >= 0.3 is 0 Å². The van der Waals surface area contributed by atoms with Crippen molar-refractivity contribution >= 4 is 32.7 Å². The van der Waals surface area contributed by atoms with Gasteiger partial charge in [-0.25, -0.2) is 18.1 Å². The third-order valence-corrected chi connectivity index (χ3v) is 4.26. The Morgan fingerprint density at radius 1 is 1.48 bits per heavy atom. The highest BCUT2D eigenvalue weighted by Gasteiger charge is 2.24. The molecule has 1 aliphatic rings. The van der Waals surface area contributed by atoms with Crippen LogP contribution in [-0.2, 0) is 26.2 Å². The summed E-state index contributed by atoms with van der Waals surface area (Å²) < 4.78 is 32.7. The molecular weight excluding hydrogens is 320 g/mol. The Morgan fingerprint density at radius 2 is 2.26 bits per heavy atom. The van der Waals surface area contributed by atoms with E-state index in [1.54, 1.807) is 12.1 Å². The molecule has 2 heterocycles. The number of imidazole rings is 1. The second kappa shape index (κ2) is 5.91. The lowest BCUT2D eigenvalue weighted by Crippen LogP contribution is -2.35. The average molecular weight is 338 g/mol. The van der Waals surface area contributed by atoms with Crippen LogP contribution in [0.15, 0.2) is 18.2 Å². The van der Waals surface area contributed by atoms with E-state index in [-0.39, 0.29) is 18.5 Å². The Kier molecular flexibility index (Phi) is 4.09. The molecule has 0 saturated carbocycles. The molecule has 0 saturated heterocycles. The van der Waals surface area contributed by atoms with Gasteiger partial charge in [0.25, 0.3) is 0 Å². The maximum atomic E-state index is 11.3. The number of nitrogens with zero attached hydrogens (tertiary/aromatic N) is 2. The van der Waals surface area contributed by atoms with Crippen molar-refractivity contribution in [3.8, 4) is 0 Å². The van der Waals surface area contributed by atoms with Crippen LogP contribution in [0.5, 0.6) is 0 Å². The predicted octanol–water partition coefficient (Wildman–Crippen LogP) is 0.615. The summed E-state index contributed by atoms with van der Waals surface area (Å²) in [6.07, 6.45) is 1.13. The molecule has 0 radical (unpaired) electrons. The van der Waals surface area contributed by atoms with E-state index in [0.717, 1.165) is 23.1 Å². The van der Waals surface area contributed by atoms with Crippen molar-refractivity contribution in [1.82, 2.24) is 14.3 Å². The summed E-state index contributed by atoms with van der Waals surface area (Å²) in [6, 6.07) is 5.30. The minimum atomic E-state index is -3.27. The van der Waals surface area contributed by atoms with Gasteiger partial charge in [0.1, 0.15) is 12.4 Å². The Hall–Kier alpha value is -1.97. The van der Waals surface area contributed by atoms with Gasteiger partial charge in [0.05, 0.1) is 29.9 Å². The number of aromatic nitrogens is 2. The number of carbonyl (C=O) groups is 1. The highest BCUT2D eigenvalue weighted by Crippen LogP contribution is 2.27. The molecule has 0 fully saturated rings. The first-order chi connectivity index (χ1) is 10.8. The predicted molar refractivity (Wildman–Crippen MR) is 85.6 cm³/mol. The van der Waals surface area contributed by atoms with Gasteiger partial charge in [-0.05, 0) is 18.2 Å². The maximum absolute atomic E-state index is 11.3. The molecule has 1 atom stereocenters. The molecule has 1 amide bonds. The lowest BCUT2D eigenvalue weighted by molar-refractivity contribution is -0.114. The van der Waals surface area contributed by atoms with E-state index in [1.165, 1.54) is 6.92 Å². The van der Waals surface area contributed by atoms with Crippen molar-refractivity contribution in [3.63, 3.8) is 0 Å². The van der Waals surface area contributed by atoms with Crippen LogP contribution in [0.25, 0.3) is 11.0 Å². The molecule has 2 N–H and O–H groups in total. The zero-order valence-corrected chi connectivity index (χ0v) is 13.7. The van der Waals surface area contributed by atoms with Crippen molar-refractivity contribution in [2.24, 2.45) is 0 Å². The van der Waals surface area contributed by atoms with Crippen LogP contribution >= 0.6 is 0 Å². The molecule has 1 aromatic heterocycles. The van der Waals surface area contributed by atoms with Gasteiger partial charge in [-0.3, -0.25) is 4.79 Å². The largest absolute Gasteiger partial charge is 0.371 e. The molecule has 0 spiro atoms. The zero-order valence-electron chi connectivity index (χ0n) is 12.9. The summed E-state index contributed by atoms with van der Waals surface area (Å²) in [5.74, 6) is 0.596. The highest BCUT2D eigenvalue weighted by atomic mass is 32.2. The van der Waals surface area contributed by atoms with Crippen molar-refractivity contribution in [1.29, 1.82) is 0 Å². The molecule has 0 bridgehead atoms. The molecule has 124 valence electrons. The molecule has 3 rings (SSSR count). The van der Waals surface area contributed by atoms with E-state index in [0.29, 0.717) is 18.9 Å². The fourth-order valence-corrected chi connectivity index (χ4v) is 3.19. The number of sulfonamides is 1. The van der Waals surface area contributed by atoms with Crippen LogP contribution in [-0.4, -0.2) is 43.3 Å². The van der Waals surface area contributed by atoms with Crippen LogP contribution in [0.2, 0.25) is 0 Å². The second-order valence-corrected chi connectivity index (χ2v) is 7.41. The fraction of sp³-hybridized carbons (Fsp3) is 0.429. The van der Waals surface area contributed by atoms with Gasteiger partial charge in [0.2, 0.25) is 15.9 Å². The topological polar surface area (TPSA) is 102 Å². The number of hydrogen-bond donors (Lipinski definition) is 2. The summed E-state index contributed by atoms with van der Waals surface area (Å²) in [5.41, 5.74) is 2.30. The lowest BCUT2D eigenvalue weighted by atomic mass is 10.2. The standard InChI is InChI=1S/C14H18N4O4S/c1-9(19)16-10-3-4-13-12(5-10)17-14-8-22-7-11(18(13)14)6-15-23(2,20)21/h3-5,11,15H,6-8H2,1-2H3,(H,16,19)/t11-/m0/s1. The number of nitrogens with one attached hydrogen (secondary N) is 2. The highest BCUT2D eigenvalue weighted by molar-refractivity contribution is 7.88. The van der Waals surface area contributed by atoms with E-state index < -0.39 is 10.0 Å². The first-order valence-electron chi connectivity index (χ1n) is 7.14. The molecule has 8 nitrogen and oxygen atoms in total. The number of anilines is 1. The molecule has 0 unspecified atom stereocenters. The molecule has 2 aromatic rings. The van der Waals surface area contributed by atoms with E-state index in [4.69, 9.17) is 4.74 Å². The lowest BCUT2D eigenvalue weighted by Gasteiger charge is -2.26. The first-order valence-corrected chi connectivity index (χ1v) is 9.03. The van der Waals surface area contributed by atoms with Crippen molar-refractivity contribution in [2.45, 2.75) is 19.6 Å². The van der Waals surface area contributed by atoms with E-state index >= 15 is 0 Å². The number of amides is 1. The van der Waals surface area contributed by atoms with Crippen LogP contribution in [0.1, 0.15) is 18.8 Å². The molecule has 9 heteroatoms. The number of fused-ring (bicyclic) bond motifs is 3. The number of rotatable bonds is 4. The van der Waals surface area contributed by atoms with Gasteiger partial charge < -0.3 is 14.6 Å². The van der Waals surface area contributed by atoms with Crippen molar-refractivity contribution < 1.29 is 17.9 Å². The Morgan fingerprint density at radius 3 is 2.96 bits per heavy atom. The van der Waals surface area contributed by atoms with Gasteiger partial charge in [-0.1, -0.05) is 0 Å². The minimum absolute atomic E-state index is 0.146. The summed E-state index contributed by atoms with van der Waals surface area (Å²) in [7, 11) is -3.27. The number of benzene rings is 1. The first kappa shape index (κ1) is 15.9. The van der Waals surface area contributed by atoms with Crippen molar-refractivity contribution in [2.75, 3.05) is 24.7 Å². The zero-order chi connectivity index (χ0) is 16.6. The third-order valence-electron chi connectivity index (χ3n) is 3.57.